The second kappa shape index (κ2) is 9.34. The molecule has 1 aliphatic carbocycles. The van der Waals surface area contributed by atoms with Gasteiger partial charge >= 0.3 is 6.03 Å². The molecule has 1 aromatic carbocycles. The largest absolute Gasteiger partial charge is 0.454 e. The average molecular weight is 416 g/mol. The van der Waals surface area contributed by atoms with E-state index in [1.807, 2.05) is 4.90 Å². The highest BCUT2D eigenvalue weighted by Gasteiger charge is 2.24. The van der Waals surface area contributed by atoms with Gasteiger partial charge in [-0.15, -0.1) is 0 Å². The van der Waals surface area contributed by atoms with E-state index >= 15 is 0 Å². The van der Waals surface area contributed by atoms with E-state index in [9.17, 15) is 14.4 Å². The summed E-state index contributed by atoms with van der Waals surface area (Å²) >= 11 is 0. The molecule has 4 rings (SSSR count). The molecule has 30 heavy (non-hydrogen) atoms. The maximum atomic E-state index is 12.7. The first-order valence-electron chi connectivity index (χ1n) is 10.6. The van der Waals surface area contributed by atoms with Gasteiger partial charge in [0.05, 0.1) is 0 Å². The topological polar surface area (TPSA) is 100 Å². The summed E-state index contributed by atoms with van der Waals surface area (Å²) in [5, 5.41) is 5.26. The number of urea groups is 1. The molecule has 2 heterocycles. The van der Waals surface area contributed by atoms with Crippen molar-refractivity contribution in [2.24, 2.45) is 0 Å². The van der Waals surface area contributed by atoms with Crippen LogP contribution < -0.4 is 20.1 Å². The molecule has 162 valence electrons. The van der Waals surface area contributed by atoms with Crippen LogP contribution in [0.3, 0.4) is 0 Å². The van der Waals surface area contributed by atoms with Crippen molar-refractivity contribution < 1.29 is 23.9 Å². The summed E-state index contributed by atoms with van der Waals surface area (Å²) in [6.45, 7) is 3.32. The van der Waals surface area contributed by atoms with Crippen molar-refractivity contribution in [3.63, 3.8) is 0 Å². The van der Waals surface area contributed by atoms with Gasteiger partial charge in [-0.05, 0) is 31.0 Å². The molecule has 9 heteroatoms. The number of hydrogen-bond donors (Lipinski definition) is 2. The number of fused-ring (bicyclic) bond motifs is 1. The number of piperazine rings is 1. The Morgan fingerprint density at radius 3 is 2.50 bits per heavy atom. The Morgan fingerprint density at radius 2 is 1.73 bits per heavy atom. The molecule has 9 nitrogen and oxygen atoms in total. The Morgan fingerprint density at radius 1 is 1.00 bits per heavy atom. The van der Waals surface area contributed by atoms with Crippen molar-refractivity contribution in [2.75, 3.05) is 39.5 Å². The van der Waals surface area contributed by atoms with E-state index in [1.54, 1.807) is 18.2 Å². The minimum absolute atomic E-state index is 0.0331. The van der Waals surface area contributed by atoms with Gasteiger partial charge in [-0.25, -0.2) is 4.79 Å². The summed E-state index contributed by atoms with van der Waals surface area (Å²) in [6.07, 6.45) is 4.48. The maximum Gasteiger partial charge on any atom is 0.321 e. The number of benzene rings is 1. The number of nitrogens with zero attached hydrogens (tertiary/aromatic N) is 2. The van der Waals surface area contributed by atoms with Crippen LogP contribution in [0.4, 0.5) is 4.79 Å². The lowest BCUT2D eigenvalue weighted by molar-refractivity contribution is -0.120. The molecule has 1 saturated carbocycles. The van der Waals surface area contributed by atoms with Crippen molar-refractivity contribution in [1.29, 1.82) is 0 Å². The van der Waals surface area contributed by atoms with Crippen molar-refractivity contribution in [1.82, 2.24) is 20.4 Å². The molecular weight excluding hydrogens is 388 g/mol. The van der Waals surface area contributed by atoms with Crippen LogP contribution in [0.15, 0.2) is 18.2 Å². The molecule has 0 unspecified atom stereocenters. The zero-order chi connectivity index (χ0) is 20.9. The minimum atomic E-state index is -0.397. The number of imide groups is 1. The molecule has 0 bridgehead atoms. The summed E-state index contributed by atoms with van der Waals surface area (Å²) in [4.78, 5) is 40.6. The van der Waals surface area contributed by atoms with Gasteiger partial charge in [0.2, 0.25) is 12.7 Å². The lowest BCUT2D eigenvalue weighted by Gasteiger charge is -2.34. The molecule has 1 saturated heterocycles. The smallest absolute Gasteiger partial charge is 0.321 e. The molecule has 0 aromatic heterocycles. The van der Waals surface area contributed by atoms with E-state index in [4.69, 9.17) is 9.47 Å². The van der Waals surface area contributed by atoms with Crippen LogP contribution >= 0.6 is 0 Å². The zero-order valence-electron chi connectivity index (χ0n) is 17.0. The van der Waals surface area contributed by atoms with Crippen molar-refractivity contribution >= 4 is 17.8 Å². The molecule has 0 atom stereocenters. The molecule has 2 N–H and O–H groups in total. The number of ether oxygens (including phenoxy) is 2. The lowest BCUT2D eigenvalue weighted by Crippen LogP contribution is -2.49. The molecule has 2 fully saturated rings. The van der Waals surface area contributed by atoms with Gasteiger partial charge in [-0.1, -0.05) is 12.8 Å². The minimum Gasteiger partial charge on any atom is -0.454 e. The van der Waals surface area contributed by atoms with E-state index in [0.29, 0.717) is 49.8 Å². The monoisotopic (exact) mass is 416 g/mol. The number of amides is 4. The van der Waals surface area contributed by atoms with E-state index in [0.717, 1.165) is 25.7 Å². The highest BCUT2D eigenvalue weighted by Crippen LogP contribution is 2.32. The Balaban J connectivity index is 1.17. The first-order chi connectivity index (χ1) is 14.6. The van der Waals surface area contributed by atoms with Gasteiger partial charge < -0.3 is 19.7 Å². The first kappa shape index (κ1) is 20.5. The number of rotatable bonds is 5. The fourth-order valence-corrected chi connectivity index (χ4v) is 4.13. The summed E-state index contributed by atoms with van der Waals surface area (Å²) in [6, 6.07) is 5.02. The summed E-state index contributed by atoms with van der Waals surface area (Å²) in [5.41, 5.74) is 0.584. The van der Waals surface area contributed by atoms with Crippen molar-refractivity contribution in [3.8, 4) is 11.5 Å². The third kappa shape index (κ3) is 5.02. The molecule has 0 radical (unpaired) electrons. The third-order valence-electron chi connectivity index (χ3n) is 5.88. The number of carbonyl (C=O) groups is 3. The zero-order valence-corrected chi connectivity index (χ0v) is 17.0. The van der Waals surface area contributed by atoms with Crippen LogP contribution in [-0.2, 0) is 4.79 Å². The maximum absolute atomic E-state index is 12.7. The fraction of sp³-hybridized carbons (Fsp3) is 0.571. The second-order valence-corrected chi connectivity index (χ2v) is 7.95. The predicted molar refractivity (Wildman–Crippen MR) is 108 cm³/mol. The van der Waals surface area contributed by atoms with Crippen LogP contribution in [0, 0.1) is 0 Å². The lowest BCUT2D eigenvalue weighted by atomic mass is 10.1. The Bertz CT molecular complexity index is 801. The molecule has 0 spiro atoms. The Labute approximate surface area is 175 Å². The quantitative estimate of drug-likeness (QED) is 0.751. The number of carbonyl (C=O) groups excluding carboxylic acids is 3. The third-order valence-corrected chi connectivity index (χ3v) is 5.88. The molecular formula is C21H28N4O5. The Hall–Kier alpha value is -2.81. The second-order valence-electron chi connectivity index (χ2n) is 7.95. The Kier molecular flexibility index (Phi) is 6.37. The number of nitrogens with one attached hydrogen (secondary N) is 2. The SMILES string of the molecule is O=C(CCN1CCN(C(=O)c2ccc3c(c2)OCO3)CC1)NC(=O)NC1CCCC1. The van der Waals surface area contributed by atoms with Gasteiger partial charge in [-0.2, -0.15) is 0 Å². The van der Waals surface area contributed by atoms with Crippen LogP contribution in [-0.4, -0.2) is 73.2 Å². The van der Waals surface area contributed by atoms with Gasteiger partial charge in [-0.3, -0.25) is 19.8 Å². The van der Waals surface area contributed by atoms with E-state index in [2.05, 4.69) is 15.5 Å². The standard InChI is InChI=1S/C21H28N4O5/c26-19(23-21(28)22-16-3-1-2-4-16)7-8-24-9-11-25(12-10-24)20(27)15-5-6-17-18(13-15)30-14-29-17/h5-6,13,16H,1-4,7-12,14H2,(H2,22,23,26,28). The predicted octanol–water partition coefficient (Wildman–Crippen LogP) is 1.33. The van der Waals surface area contributed by atoms with E-state index < -0.39 is 6.03 Å². The van der Waals surface area contributed by atoms with Crippen molar-refractivity contribution in [2.45, 2.75) is 38.1 Å². The summed E-state index contributed by atoms with van der Waals surface area (Å²) < 4.78 is 10.6. The average Bonchev–Trinajstić information content (AvgIpc) is 3.43. The number of hydrogen-bond acceptors (Lipinski definition) is 6. The molecule has 1 aromatic rings. The van der Waals surface area contributed by atoms with Crippen LogP contribution in [0.1, 0.15) is 42.5 Å². The van der Waals surface area contributed by atoms with Gasteiger partial charge in [0.1, 0.15) is 0 Å². The molecule has 3 aliphatic rings. The van der Waals surface area contributed by atoms with Gasteiger partial charge in [0.25, 0.3) is 5.91 Å². The summed E-state index contributed by atoms with van der Waals surface area (Å²) in [5.74, 6) is 0.952. The van der Waals surface area contributed by atoms with E-state index in [-0.39, 0.29) is 31.1 Å². The highest BCUT2D eigenvalue weighted by atomic mass is 16.7. The van der Waals surface area contributed by atoms with Crippen LogP contribution in [0.2, 0.25) is 0 Å². The van der Waals surface area contributed by atoms with Gasteiger partial charge in [0, 0.05) is 50.7 Å². The van der Waals surface area contributed by atoms with Crippen molar-refractivity contribution in [3.05, 3.63) is 23.8 Å². The normalized spacial score (nSPS) is 19.0. The molecule has 2 aliphatic heterocycles. The van der Waals surface area contributed by atoms with Crippen LogP contribution in [0.25, 0.3) is 0 Å². The fourth-order valence-electron chi connectivity index (χ4n) is 4.13. The van der Waals surface area contributed by atoms with Gasteiger partial charge in [0.15, 0.2) is 11.5 Å². The van der Waals surface area contributed by atoms with Crippen LogP contribution in [0.5, 0.6) is 11.5 Å². The molecule has 4 amide bonds. The van der Waals surface area contributed by atoms with E-state index in [1.165, 1.54) is 0 Å². The first-order valence-corrected chi connectivity index (χ1v) is 10.6. The summed E-state index contributed by atoms with van der Waals surface area (Å²) in [7, 11) is 0. The highest BCUT2D eigenvalue weighted by molar-refractivity contribution is 5.95.